The maximum absolute atomic E-state index is 13.2. The van der Waals surface area contributed by atoms with Crippen LogP contribution in [0.3, 0.4) is 0 Å². The quantitative estimate of drug-likeness (QED) is 0.808. The van der Waals surface area contributed by atoms with E-state index in [9.17, 15) is 17.6 Å². The van der Waals surface area contributed by atoms with Gasteiger partial charge in [-0.1, -0.05) is 18.9 Å². The number of benzene rings is 1. The van der Waals surface area contributed by atoms with Gasteiger partial charge in [0.1, 0.15) is 5.82 Å². The average molecular weight is 261 g/mol. The third-order valence-electron chi connectivity index (χ3n) is 3.84. The van der Waals surface area contributed by atoms with Crippen LogP contribution >= 0.6 is 0 Å². The molecule has 0 bridgehead atoms. The minimum absolute atomic E-state index is 0.302. The SMILES string of the molecule is NCC1(c2ccc(F)c(C(F)(F)F)c2)CCCC1. The molecule has 1 saturated carbocycles. The zero-order valence-electron chi connectivity index (χ0n) is 9.86. The van der Waals surface area contributed by atoms with Crippen LogP contribution in [0.5, 0.6) is 0 Å². The molecule has 1 aromatic carbocycles. The second-order valence-electron chi connectivity index (χ2n) is 4.88. The summed E-state index contributed by atoms with van der Waals surface area (Å²) in [6, 6.07) is 3.25. The van der Waals surface area contributed by atoms with Crippen LogP contribution in [0.4, 0.5) is 17.6 Å². The molecule has 0 spiro atoms. The Hall–Kier alpha value is -1.10. The van der Waals surface area contributed by atoms with Gasteiger partial charge in [-0.05, 0) is 30.5 Å². The molecule has 1 nitrogen and oxygen atoms in total. The van der Waals surface area contributed by atoms with E-state index in [1.807, 2.05) is 0 Å². The van der Waals surface area contributed by atoms with Crippen LogP contribution in [0.2, 0.25) is 0 Å². The van der Waals surface area contributed by atoms with Crippen LogP contribution in [-0.2, 0) is 11.6 Å². The molecule has 0 aliphatic heterocycles. The van der Waals surface area contributed by atoms with Gasteiger partial charge in [-0.2, -0.15) is 13.2 Å². The number of halogens is 4. The fourth-order valence-corrected chi connectivity index (χ4v) is 2.73. The molecule has 1 aromatic rings. The zero-order chi connectivity index (χ0) is 13.4. The highest BCUT2D eigenvalue weighted by Crippen LogP contribution is 2.42. The first-order valence-electron chi connectivity index (χ1n) is 5.96. The van der Waals surface area contributed by atoms with E-state index in [-0.39, 0.29) is 0 Å². The third-order valence-corrected chi connectivity index (χ3v) is 3.84. The van der Waals surface area contributed by atoms with Crippen LogP contribution in [-0.4, -0.2) is 6.54 Å². The lowest BCUT2D eigenvalue weighted by molar-refractivity contribution is -0.140. The molecule has 1 aliphatic rings. The number of rotatable bonds is 2. The summed E-state index contributed by atoms with van der Waals surface area (Å²) in [6.45, 7) is 0.302. The first kappa shape index (κ1) is 13.3. The number of hydrogen-bond acceptors (Lipinski definition) is 1. The second-order valence-corrected chi connectivity index (χ2v) is 4.88. The summed E-state index contributed by atoms with van der Waals surface area (Å²) in [7, 11) is 0. The molecule has 5 heteroatoms. The van der Waals surface area contributed by atoms with Gasteiger partial charge in [0.05, 0.1) is 5.56 Å². The van der Waals surface area contributed by atoms with Gasteiger partial charge in [0.15, 0.2) is 0 Å². The Labute approximate surface area is 103 Å². The molecular formula is C13H15F4N. The predicted molar refractivity (Wildman–Crippen MR) is 60.6 cm³/mol. The Morgan fingerprint density at radius 3 is 2.28 bits per heavy atom. The topological polar surface area (TPSA) is 26.0 Å². The van der Waals surface area contributed by atoms with Crippen molar-refractivity contribution in [2.75, 3.05) is 6.54 Å². The van der Waals surface area contributed by atoms with Crippen molar-refractivity contribution in [3.05, 3.63) is 35.1 Å². The summed E-state index contributed by atoms with van der Waals surface area (Å²) in [5.41, 5.74) is 4.63. The van der Waals surface area contributed by atoms with E-state index in [0.29, 0.717) is 12.1 Å². The van der Waals surface area contributed by atoms with E-state index < -0.39 is 23.0 Å². The van der Waals surface area contributed by atoms with E-state index in [0.717, 1.165) is 37.8 Å². The van der Waals surface area contributed by atoms with Crippen LogP contribution in [0.25, 0.3) is 0 Å². The van der Waals surface area contributed by atoms with E-state index in [2.05, 4.69) is 0 Å². The van der Waals surface area contributed by atoms with Crippen molar-refractivity contribution in [2.45, 2.75) is 37.3 Å². The molecule has 100 valence electrons. The molecule has 0 heterocycles. The molecule has 0 radical (unpaired) electrons. The molecule has 0 unspecified atom stereocenters. The summed E-state index contributed by atoms with van der Waals surface area (Å²) < 4.78 is 51.2. The average Bonchev–Trinajstić information content (AvgIpc) is 2.78. The fraction of sp³-hybridized carbons (Fsp3) is 0.538. The fourth-order valence-electron chi connectivity index (χ4n) is 2.73. The van der Waals surface area contributed by atoms with E-state index in [1.165, 1.54) is 6.07 Å². The molecule has 1 fully saturated rings. The maximum Gasteiger partial charge on any atom is 0.419 e. The molecule has 0 saturated heterocycles. The van der Waals surface area contributed by atoms with E-state index in [4.69, 9.17) is 5.73 Å². The lowest BCUT2D eigenvalue weighted by Gasteiger charge is -2.28. The molecular weight excluding hydrogens is 246 g/mol. The first-order chi connectivity index (χ1) is 8.39. The van der Waals surface area contributed by atoms with Crippen LogP contribution in [0, 0.1) is 5.82 Å². The molecule has 0 amide bonds. The van der Waals surface area contributed by atoms with Crippen molar-refractivity contribution >= 4 is 0 Å². The van der Waals surface area contributed by atoms with Gasteiger partial charge in [0, 0.05) is 12.0 Å². The Balaban J connectivity index is 2.46. The highest BCUT2D eigenvalue weighted by molar-refractivity contribution is 5.34. The Bertz CT molecular complexity index is 433. The predicted octanol–water partition coefficient (Wildman–Crippen LogP) is 3.62. The molecule has 18 heavy (non-hydrogen) atoms. The minimum Gasteiger partial charge on any atom is -0.330 e. The van der Waals surface area contributed by atoms with Gasteiger partial charge in [-0.25, -0.2) is 4.39 Å². The minimum atomic E-state index is -4.66. The Kier molecular flexibility index (Phi) is 3.36. The smallest absolute Gasteiger partial charge is 0.330 e. The number of alkyl halides is 3. The van der Waals surface area contributed by atoms with Gasteiger partial charge < -0.3 is 5.73 Å². The molecule has 0 atom stereocenters. The van der Waals surface area contributed by atoms with Crippen molar-refractivity contribution in [1.29, 1.82) is 0 Å². The maximum atomic E-state index is 13.2. The third kappa shape index (κ3) is 2.23. The van der Waals surface area contributed by atoms with Crippen LogP contribution < -0.4 is 5.73 Å². The first-order valence-corrected chi connectivity index (χ1v) is 5.96. The summed E-state index contributed by atoms with van der Waals surface area (Å²) in [5, 5.41) is 0. The highest BCUT2D eigenvalue weighted by atomic mass is 19.4. The van der Waals surface area contributed by atoms with Gasteiger partial charge in [-0.15, -0.1) is 0 Å². The van der Waals surface area contributed by atoms with Gasteiger partial charge in [0.25, 0.3) is 0 Å². The lowest BCUT2D eigenvalue weighted by atomic mass is 9.78. The van der Waals surface area contributed by atoms with E-state index >= 15 is 0 Å². The highest BCUT2D eigenvalue weighted by Gasteiger charge is 2.39. The second kappa shape index (κ2) is 4.53. The number of nitrogens with two attached hydrogens (primary N) is 1. The lowest BCUT2D eigenvalue weighted by Crippen LogP contribution is -2.32. The monoisotopic (exact) mass is 261 g/mol. The summed E-state index contributed by atoms with van der Waals surface area (Å²) in [4.78, 5) is 0. The van der Waals surface area contributed by atoms with Gasteiger partial charge in [-0.3, -0.25) is 0 Å². The normalized spacial score (nSPS) is 19.2. The van der Waals surface area contributed by atoms with E-state index in [1.54, 1.807) is 0 Å². The number of hydrogen-bond donors (Lipinski definition) is 1. The van der Waals surface area contributed by atoms with Crippen molar-refractivity contribution < 1.29 is 17.6 Å². The van der Waals surface area contributed by atoms with Crippen molar-refractivity contribution in [2.24, 2.45) is 5.73 Å². The van der Waals surface area contributed by atoms with Gasteiger partial charge in [0.2, 0.25) is 0 Å². The summed E-state index contributed by atoms with van der Waals surface area (Å²) in [6.07, 6.45) is -1.21. The van der Waals surface area contributed by atoms with Crippen LogP contribution in [0.1, 0.15) is 36.8 Å². The molecule has 0 aromatic heterocycles. The van der Waals surface area contributed by atoms with Crippen molar-refractivity contribution in [3.8, 4) is 0 Å². The standard InChI is InChI=1S/C13H15F4N/c14-11-4-3-9(7-10(11)13(15,16)17)12(8-18)5-1-2-6-12/h3-4,7H,1-2,5-6,8,18H2. The van der Waals surface area contributed by atoms with Crippen LogP contribution in [0.15, 0.2) is 18.2 Å². The van der Waals surface area contributed by atoms with Crippen molar-refractivity contribution in [1.82, 2.24) is 0 Å². The largest absolute Gasteiger partial charge is 0.419 e. The zero-order valence-corrected chi connectivity index (χ0v) is 9.86. The van der Waals surface area contributed by atoms with Crippen molar-refractivity contribution in [3.63, 3.8) is 0 Å². The molecule has 2 N–H and O–H groups in total. The molecule has 1 aliphatic carbocycles. The van der Waals surface area contributed by atoms with Gasteiger partial charge >= 0.3 is 6.18 Å². The summed E-state index contributed by atoms with van der Waals surface area (Å²) in [5.74, 6) is -1.23. The Morgan fingerprint density at radius 2 is 1.78 bits per heavy atom. The molecule has 2 rings (SSSR count). The summed E-state index contributed by atoms with van der Waals surface area (Å²) >= 11 is 0. The Morgan fingerprint density at radius 1 is 1.17 bits per heavy atom.